The molecule has 1 aliphatic carbocycles. The van der Waals surface area contributed by atoms with Gasteiger partial charge in [-0.15, -0.1) is 11.3 Å². The van der Waals surface area contributed by atoms with Crippen molar-refractivity contribution in [1.29, 1.82) is 0 Å². The predicted molar refractivity (Wildman–Crippen MR) is 51.9 cm³/mol. The van der Waals surface area contributed by atoms with Crippen LogP contribution in [0.1, 0.15) is 22.5 Å². The van der Waals surface area contributed by atoms with Crippen LogP contribution in [0.25, 0.3) is 5.13 Å². The average Bonchev–Trinajstić information content (AvgIpc) is 2.84. The Kier molecular flexibility index (Phi) is 1.55. The Morgan fingerprint density at radius 1 is 1.43 bits per heavy atom. The Morgan fingerprint density at radius 2 is 2.36 bits per heavy atom. The van der Waals surface area contributed by atoms with Crippen molar-refractivity contribution in [2.75, 3.05) is 0 Å². The van der Waals surface area contributed by atoms with E-state index in [4.69, 9.17) is 0 Å². The fourth-order valence-corrected chi connectivity index (χ4v) is 2.30. The van der Waals surface area contributed by atoms with Gasteiger partial charge in [0.05, 0.1) is 6.20 Å². The first-order valence-corrected chi connectivity index (χ1v) is 5.24. The van der Waals surface area contributed by atoms with Gasteiger partial charge in [-0.3, -0.25) is 4.79 Å². The highest BCUT2D eigenvalue weighted by Gasteiger charge is 2.26. The lowest BCUT2D eigenvalue weighted by Gasteiger charge is -1.98. The number of ketones is 1. The first-order valence-electron chi connectivity index (χ1n) is 4.36. The third-order valence-corrected chi connectivity index (χ3v) is 3.08. The van der Waals surface area contributed by atoms with Gasteiger partial charge in [-0.2, -0.15) is 5.10 Å². The molecule has 0 radical (unpaired) electrons. The fraction of sp³-hybridized carbons (Fsp3) is 0.222. The van der Waals surface area contributed by atoms with Gasteiger partial charge in [-0.1, -0.05) is 0 Å². The summed E-state index contributed by atoms with van der Waals surface area (Å²) in [6, 6.07) is 0. The van der Waals surface area contributed by atoms with Crippen molar-refractivity contribution >= 4 is 17.1 Å². The molecule has 0 N–H and O–H groups in total. The highest BCUT2D eigenvalue weighted by Crippen LogP contribution is 2.24. The Bertz CT molecular complexity index is 486. The monoisotopic (exact) mass is 205 g/mol. The number of carbonyl (C=O) groups is 1. The van der Waals surface area contributed by atoms with Crippen LogP contribution in [-0.2, 0) is 6.42 Å². The van der Waals surface area contributed by atoms with Gasteiger partial charge in [0.25, 0.3) is 0 Å². The molecule has 3 rings (SSSR count). The summed E-state index contributed by atoms with van der Waals surface area (Å²) in [5.74, 6) is 0.174. The topological polar surface area (TPSA) is 47.8 Å². The molecule has 0 aliphatic heterocycles. The SMILES string of the molecule is O=C1CCc2cnn(-c3nccs3)c21. The Balaban J connectivity index is 2.21. The van der Waals surface area contributed by atoms with Gasteiger partial charge in [0.2, 0.25) is 5.13 Å². The Morgan fingerprint density at radius 3 is 3.14 bits per heavy atom. The first kappa shape index (κ1) is 7.87. The van der Waals surface area contributed by atoms with E-state index in [1.165, 1.54) is 11.3 Å². The number of hydrogen-bond acceptors (Lipinski definition) is 4. The van der Waals surface area contributed by atoms with Crippen molar-refractivity contribution in [3.63, 3.8) is 0 Å². The minimum atomic E-state index is 0.174. The van der Waals surface area contributed by atoms with Crippen LogP contribution in [0.5, 0.6) is 0 Å². The van der Waals surface area contributed by atoms with Gasteiger partial charge in [-0.05, 0) is 6.42 Å². The van der Waals surface area contributed by atoms with Crippen LogP contribution in [0, 0.1) is 0 Å². The van der Waals surface area contributed by atoms with Gasteiger partial charge in [0.15, 0.2) is 5.78 Å². The fourth-order valence-electron chi connectivity index (χ4n) is 1.69. The number of aryl methyl sites for hydroxylation is 1. The van der Waals surface area contributed by atoms with E-state index in [-0.39, 0.29) is 5.78 Å². The lowest BCUT2D eigenvalue weighted by atomic mass is 10.3. The normalized spacial score (nSPS) is 14.7. The van der Waals surface area contributed by atoms with Crippen LogP contribution in [0.3, 0.4) is 0 Å². The van der Waals surface area contributed by atoms with E-state index >= 15 is 0 Å². The zero-order valence-corrected chi connectivity index (χ0v) is 8.12. The average molecular weight is 205 g/mol. The predicted octanol–water partition coefficient (Wildman–Crippen LogP) is 1.46. The number of aromatic nitrogens is 3. The van der Waals surface area contributed by atoms with Crippen molar-refractivity contribution in [2.24, 2.45) is 0 Å². The number of nitrogens with zero attached hydrogens (tertiary/aromatic N) is 3. The maximum Gasteiger partial charge on any atom is 0.210 e. The molecule has 0 saturated carbocycles. The Hall–Kier alpha value is -1.49. The van der Waals surface area contributed by atoms with Crippen molar-refractivity contribution in [3.8, 4) is 5.13 Å². The molecule has 0 spiro atoms. The molecule has 0 bridgehead atoms. The highest BCUT2D eigenvalue weighted by atomic mass is 32.1. The molecule has 1 aliphatic rings. The van der Waals surface area contributed by atoms with Gasteiger partial charge < -0.3 is 0 Å². The minimum absolute atomic E-state index is 0.174. The minimum Gasteiger partial charge on any atom is -0.292 e. The van der Waals surface area contributed by atoms with Crippen LogP contribution in [0.2, 0.25) is 0 Å². The second-order valence-corrected chi connectivity index (χ2v) is 4.04. The summed E-state index contributed by atoms with van der Waals surface area (Å²) in [6.45, 7) is 0. The summed E-state index contributed by atoms with van der Waals surface area (Å²) in [4.78, 5) is 15.7. The molecule has 70 valence electrons. The van der Waals surface area contributed by atoms with Crippen LogP contribution in [0.15, 0.2) is 17.8 Å². The second-order valence-electron chi connectivity index (χ2n) is 3.17. The van der Waals surface area contributed by atoms with Crippen LogP contribution < -0.4 is 0 Å². The van der Waals surface area contributed by atoms with Crippen LogP contribution >= 0.6 is 11.3 Å². The lowest BCUT2D eigenvalue weighted by Crippen LogP contribution is -2.05. The molecule has 0 aromatic carbocycles. The van der Waals surface area contributed by atoms with Gasteiger partial charge in [0, 0.05) is 23.6 Å². The molecule has 4 nitrogen and oxygen atoms in total. The Labute approximate surface area is 84.2 Å². The third-order valence-electron chi connectivity index (χ3n) is 2.33. The van der Waals surface area contributed by atoms with Gasteiger partial charge >= 0.3 is 0 Å². The van der Waals surface area contributed by atoms with Gasteiger partial charge in [0.1, 0.15) is 5.69 Å². The summed E-state index contributed by atoms with van der Waals surface area (Å²) in [6.07, 6.45) is 4.91. The largest absolute Gasteiger partial charge is 0.292 e. The van der Waals surface area contributed by atoms with Crippen LogP contribution in [-0.4, -0.2) is 20.5 Å². The molecule has 0 unspecified atom stereocenters. The zero-order valence-electron chi connectivity index (χ0n) is 7.30. The molecule has 2 aromatic rings. The van der Waals surface area contributed by atoms with Crippen molar-refractivity contribution in [3.05, 3.63) is 29.0 Å². The number of hydrogen-bond donors (Lipinski definition) is 0. The van der Waals surface area contributed by atoms with E-state index in [0.29, 0.717) is 6.42 Å². The van der Waals surface area contributed by atoms with E-state index in [1.54, 1.807) is 17.1 Å². The highest BCUT2D eigenvalue weighted by molar-refractivity contribution is 7.12. The van der Waals surface area contributed by atoms with E-state index < -0.39 is 0 Å². The van der Waals surface area contributed by atoms with Gasteiger partial charge in [-0.25, -0.2) is 9.67 Å². The quantitative estimate of drug-likeness (QED) is 0.708. The van der Waals surface area contributed by atoms with Crippen molar-refractivity contribution < 1.29 is 4.79 Å². The summed E-state index contributed by atoms with van der Waals surface area (Å²) in [5.41, 5.74) is 1.77. The summed E-state index contributed by atoms with van der Waals surface area (Å²) in [5, 5.41) is 6.82. The summed E-state index contributed by atoms with van der Waals surface area (Å²) >= 11 is 1.49. The second kappa shape index (κ2) is 2.75. The summed E-state index contributed by atoms with van der Waals surface area (Å²) in [7, 11) is 0. The molecule has 2 aromatic heterocycles. The van der Waals surface area contributed by atoms with E-state index in [2.05, 4.69) is 10.1 Å². The third kappa shape index (κ3) is 0.957. The number of thiazole rings is 1. The molecule has 0 fully saturated rings. The van der Waals surface area contributed by atoms with E-state index in [9.17, 15) is 4.79 Å². The maximum absolute atomic E-state index is 11.6. The van der Waals surface area contributed by atoms with Crippen molar-refractivity contribution in [1.82, 2.24) is 14.8 Å². The van der Waals surface area contributed by atoms with E-state index in [1.807, 2.05) is 5.38 Å². The lowest BCUT2D eigenvalue weighted by molar-refractivity contribution is 0.0987. The summed E-state index contributed by atoms with van der Waals surface area (Å²) < 4.78 is 1.65. The number of fused-ring (bicyclic) bond motifs is 1. The number of rotatable bonds is 1. The molecule has 0 saturated heterocycles. The molecule has 5 heteroatoms. The van der Waals surface area contributed by atoms with E-state index in [0.717, 1.165) is 22.8 Å². The number of Topliss-reactive ketones (excluding diaryl/α,β-unsaturated/α-hetero) is 1. The molecular weight excluding hydrogens is 198 g/mol. The molecule has 2 heterocycles. The first-order chi connectivity index (χ1) is 6.86. The molecule has 14 heavy (non-hydrogen) atoms. The van der Waals surface area contributed by atoms with Crippen LogP contribution in [0.4, 0.5) is 0 Å². The zero-order chi connectivity index (χ0) is 9.54. The smallest absolute Gasteiger partial charge is 0.210 e. The molecular formula is C9H7N3OS. The standard InChI is InChI=1S/C9H7N3OS/c13-7-2-1-6-5-11-12(8(6)7)9-10-3-4-14-9/h3-5H,1-2H2. The number of carbonyl (C=O) groups excluding carboxylic acids is 1. The molecule has 0 atom stereocenters. The molecule has 0 amide bonds. The van der Waals surface area contributed by atoms with Crippen molar-refractivity contribution in [2.45, 2.75) is 12.8 Å². The maximum atomic E-state index is 11.6.